The van der Waals surface area contributed by atoms with Crippen LogP contribution in [-0.4, -0.2) is 42.4 Å². The van der Waals surface area contributed by atoms with Crippen molar-refractivity contribution >= 4 is 15.9 Å². The minimum absolute atomic E-state index is 0.0320. The smallest absolute Gasteiger partial charge is 0.249 e. The number of carbonyl (C=O) groups excluding carboxylic acids is 1. The van der Waals surface area contributed by atoms with Crippen molar-refractivity contribution in [1.82, 2.24) is 19.8 Å². The Kier molecular flexibility index (Phi) is 5.80. The largest absolute Gasteiger partial charge is 0.343 e. The van der Waals surface area contributed by atoms with Crippen molar-refractivity contribution in [3.63, 3.8) is 0 Å². The van der Waals surface area contributed by atoms with Crippen LogP contribution < -0.4 is 5.32 Å². The van der Waals surface area contributed by atoms with E-state index in [1.807, 2.05) is 13.8 Å². The third-order valence-electron chi connectivity index (χ3n) is 4.54. The molecule has 1 aliphatic carbocycles. The fourth-order valence-corrected chi connectivity index (χ4v) is 3.81. The highest BCUT2D eigenvalue weighted by Gasteiger charge is 2.32. The fraction of sp³-hybridized carbons (Fsp3) is 0.500. The molecule has 1 aromatic heterocycles. The molecule has 8 nitrogen and oxygen atoms in total. The average Bonchev–Trinajstić information content (AvgIpc) is 3.37. The van der Waals surface area contributed by atoms with E-state index in [-0.39, 0.29) is 10.8 Å². The highest BCUT2D eigenvalue weighted by Crippen LogP contribution is 2.38. The predicted octanol–water partition coefficient (Wildman–Crippen LogP) is 2.22. The van der Waals surface area contributed by atoms with Crippen LogP contribution in [0.4, 0.5) is 4.39 Å². The molecule has 1 aromatic carbocycles. The summed E-state index contributed by atoms with van der Waals surface area (Å²) in [6.45, 7) is 3.39. The second-order valence-electron chi connectivity index (χ2n) is 7.27. The summed E-state index contributed by atoms with van der Waals surface area (Å²) >= 11 is 0. The molecule has 0 spiro atoms. The standard InChI is InChI=1S/C18H23FN4O4S/c1-11(2)16(18-21-17(22-27-18)12-4-5-12)20-15(24)10-23(3)28(25,26)14-8-6-13(19)7-9-14/h6-9,11-12,16H,4-5,10H2,1-3H3,(H,20,24). The number of nitrogens with zero attached hydrogens (tertiary/aromatic N) is 3. The normalized spacial score (nSPS) is 15.8. The van der Waals surface area contributed by atoms with Crippen LogP contribution in [0.1, 0.15) is 50.4 Å². The maximum atomic E-state index is 13.0. The Bertz CT molecular complexity index is 939. The molecular weight excluding hydrogens is 387 g/mol. The van der Waals surface area contributed by atoms with E-state index in [1.54, 1.807) is 0 Å². The number of amides is 1. The van der Waals surface area contributed by atoms with Crippen LogP contribution in [0.3, 0.4) is 0 Å². The van der Waals surface area contributed by atoms with Crippen molar-refractivity contribution in [2.75, 3.05) is 13.6 Å². The van der Waals surface area contributed by atoms with Gasteiger partial charge in [0, 0.05) is 13.0 Å². The van der Waals surface area contributed by atoms with Crippen LogP contribution in [0.5, 0.6) is 0 Å². The van der Waals surface area contributed by atoms with Gasteiger partial charge in [0.1, 0.15) is 11.9 Å². The summed E-state index contributed by atoms with van der Waals surface area (Å²) in [7, 11) is -2.62. The van der Waals surface area contributed by atoms with Crippen molar-refractivity contribution < 1.29 is 22.1 Å². The molecule has 0 radical (unpaired) electrons. The molecule has 1 aliphatic rings. The lowest BCUT2D eigenvalue weighted by Crippen LogP contribution is -2.41. The van der Waals surface area contributed by atoms with E-state index in [0.29, 0.717) is 17.6 Å². The van der Waals surface area contributed by atoms with E-state index in [4.69, 9.17) is 4.52 Å². The second kappa shape index (κ2) is 7.96. The lowest BCUT2D eigenvalue weighted by Gasteiger charge is -2.21. The number of sulfonamides is 1. The van der Waals surface area contributed by atoms with Gasteiger partial charge in [-0.2, -0.15) is 9.29 Å². The van der Waals surface area contributed by atoms with Crippen molar-refractivity contribution in [2.45, 2.75) is 43.5 Å². The Morgan fingerprint density at radius 1 is 1.32 bits per heavy atom. The van der Waals surface area contributed by atoms with Crippen LogP contribution in [0.25, 0.3) is 0 Å². The number of aromatic nitrogens is 2. The molecule has 152 valence electrons. The van der Waals surface area contributed by atoms with Gasteiger partial charge in [-0.3, -0.25) is 4.79 Å². The molecule has 1 unspecified atom stereocenters. The summed E-state index contributed by atoms with van der Waals surface area (Å²) in [5.74, 6) is 0.214. The Hall–Kier alpha value is -2.33. The van der Waals surface area contributed by atoms with Gasteiger partial charge in [-0.15, -0.1) is 0 Å². The number of likely N-dealkylation sites (N-methyl/N-ethyl adjacent to an activating group) is 1. The fourth-order valence-electron chi connectivity index (χ4n) is 2.69. The second-order valence-corrected chi connectivity index (χ2v) is 9.31. The van der Waals surface area contributed by atoms with E-state index in [0.717, 1.165) is 41.4 Å². The van der Waals surface area contributed by atoms with Crippen LogP contribution in [0.2, 0.25) is 0 Å². The van der Waals surface area contributed by atoms with Gasteiger partial charge < -0.3 is 9.84 Å². The van der Waals surface area contributed by atoms with Crippen LogP contribution in [0.15, 0.2) is 33.7 Å². The molecule has 1 amide bonds. The number of hydrogen-bond acceptors (Lipinski definition) is 6. The quantitative estimate of drug-likeness (QED) is 0.715. The summed E-state index contributed by atoms with van der Waals surface area (Å²) in [5.41, 5.74) is 0. The Morgan fingerprint density at radius 2 is 1.96 bits per heavy atom. The molecule has 1 saturated carbocycles. The Balaban J connectivity index is 1.67. The highest BCUT2D eigenvalue weighted by atomic mass is 32.2. The average molecular weight is 410 g/mol. The maximum Gasteiger partial charge on any atom is 0.249 e. The SMILES string of the molecule is CC(C)C(NC(=O)CN(C)S(=O)(=O)c1ccc(F)cc1)c1nc(C2CC2)no1. The van der Waals surface area contributed by atoms with Crippen molar-refractivity contribution in [1.29, 1.82) is 0 Å². The monoisotopic (exact) mass is 410 g/mol. The van der Waals surface area contributed by atoms with Crippen LogP contribution >= 0.6 is 0 Å². The minimum Gasteiger partial charge on any atom is -0.343 e. The molecule has 0 aliphatic heterocycles. The first kappa shape index (κ1) is 20.4. The first-order valence-electron chi connectivity index (χ1n) is 9.03. The summed E-state index contributed by atoms with van der Waals surface area (Å²) in [5, 5.41) is 6.73. The molecule has 3 rings (SSSR count). The number of hydrogen-bond donors (Lipinski definition) is 1. The predicted molar refractivity (Wildman–Crippen MR) is 98.2 cm³/mol. The van der Waals surface area contributed by atoms with Gasteiger partial charge in [-0.1, -0.05) is 19.0 Å². The van der Waals surface area contributed by atoms with Gasteiger partial charge in [0.15, 0.2) is 5.82 Å². The lowest BCUT2D eigenvalue weighted by atomic mass is 10.0. The van der Waals surface area contributed by atoms with Gasteiger partial charge >= 0.3 is 0 Å². The zero-order chi connectivity index (χ0) is 20.5. The summed E-state index contributed by atoms with van der Waals surface area (Å²) in [4.78, 5) is 16.7. The van der Waals surface area contributed by atoms with E-state index in [9.17, 15) is 17.6 Å². The molecule has 10 heteroatoms. The third-order valence-corrected chi connectivity index (χ3v) is 6.35. The Labute approximate surface area is 163 Å². The summed E-state index contributed by atoms with van der Waals surface area (Å²) < 4.78 is 44.3. The molecule has 0 bridgehead atoms. The minimum atomic E-state index is -3.92. The molecule has 1 fully saturated rings. The summed E-state index contributed by atoms with van der Waals surface area (Å²) in [6, 6.07) is 3.92. The van der Waals surface area contributed by atoms with Gasteiger partial charge in [0.2, 0.25) is 21.8 Å². The first-order chi connectivity index (χ1) is 13.2. The molecule has 1 heterocycles. The molecule has 0 saturated heterocycles. The molecule has 28 heavy (non-hydrogen) atoms. The van der Waals surface area contributed by atoms with E-state index in [2.05, 4.69) is 15.5 Å². The first-order valence-corrected chi connectivity index (χ1v) is 10.5. The van der Waals surface area contributed by atoms with Gasteiger partial charge in [0.25, 0.3) is 0 Å². The zero-order valence-electron chi connectivity index (χ0n) is 15.9. The van der Waals surface area contributed by atoms with Crippen LogP contribution in [0, 0.1) is 11.7 Å². The number of rotatable bonds is 8. The van der Waals surface area contributed by atoms with Gasteiger partial charge in [0.05, 0.1) is 11.4 Å². The molecule has 1 atom stereocenters. The van der Waals surface area contributed by atoms with E-state index in [1.165, 1.54) is 7.05 Å². The van der Waals surface area contributed by atoms with Crippen molar-refractivity contribution in [3.05, 3.63) is 41.8 Å². The number of nitrogens with one attached hydrogen (secondary N) is 1. The van der Waals surface area contributed by atoms with Crippen molar-refractivity contribution in [3.8, 4) is 0 Å². The molecule has 1 N–H and O–H groups in total. The summed E-state index contributed by atoms with van der Waals surface area (Å²) in [6.07, 6.45) is 2.06. The van der Waals surface area contributed by atoms with Crippen LogP contribution in [-0.2, 0) is 14.8 Å². The number of benzene rings is 1. The topological polar surface area (TPSA) is 105 Å². The van der Waals surface area contributed by atoms with Crippen molar-refractivity contribution in [2.24, 2.45) is 5.92 Å². The van der Waals surface area contributed by atoms with Gasteiger partial charge in [-0.25, -0.2) is 12.8 Å². The Morgan fingerprint density at radius 3 is 2.54 bits per heavy atom. The number of halogens is 1. The number of carbonyl (C=O) groups is 1. The highest BCUT2D eigenvalue weighted by molar-refractivity contribution is 7.89. The van der Waals surface area contributed by atoms with E-state index >= 15 is 0 Å². The third kappa shape index (κ3) is 4.56. The lowest BCUT2D eigenvalue weighted by molar-refractivity contribution is -0.122. The molecule has 2 aromatic rings. The van der Waals surface area contributed by atoms with Gasteiger partial charge in [-0.05, 0) is 43.0 Å². The molecular formula is C18H23FN4O4S. The van der Waals surface area contributed by atoms with E-state index < -0.39 is 34.3 Å². The zero-order valence-corrected chi connectivity index (χ0v) is 16.7. The maximum absolute atomic E-state index is 13.0.